The standard InChI is InChI=1S/C12H13FN2OS/c1-8(14)11(17-12-15-6-7-16-12)9-4-2-3-5-10(9)13/h2-8,11H,14H2,1H3. The SMILES string of the molecule is CC(N)C(Sc1ncco1)c1ccccc1F. The van der Waals surface area contributed by atoms with Gasteiger partial charge in [0.1, 0.15) is 12.1 Å². The van der Waals surface area contributed by atoms with Crippen molar-refractivity contribution in [3.05, 3.63) is 48.1 Å². The van der Waals surface area contributed by atoms with Crippen LogP contribution >= 0.6 is 11.8 Å². The predicted octanol–water partition coefficient (Wildman–Crippen LogP) is 2.99. The second-order valence-electron chi connectivity index (χ2n) is 3.72. The fraction of sp³-hybridized carbons (Fsp3) is 0.250. The lowest BCUT2D eigenvalue weighted by Crippen LogP contribution is -2.23. The first-order valence-corrected chi connectivity index (χ1v) is 6.12. The lowest BCUT2D eigenvalue weighted by molar-refractivity contribution is 0.451. The van der Waals surface area contributed by atoms with Crippen LogP contribution in [0, 0.1) is 5.82 Å². The van der Waals surface area contributed by atoms with E-state index in [9.17, 15) is 4.39 Å². The van der Waals surface area contributed by atoms with Crippen LogP contribution < -0.4 is 5.73 Å². The van der Waals surface area contributed by atoms with Crippen molar-refractivity contribution in [1.29, 1.82) is 0 Å². The van der Waals surface area contributed by atoms with E-state index in [-0.39, 0.29) is 17.1 Å². The highest BCUT2D eigenvalue weighted by Crippen LogP contribution is 2.37. The maximum absolute atomic E-state index is 13.7. The van der Waals surface area contributed by atoms with Gasteiger partial charge in [-0.25, -0.2) is 9.37 Å². The number of hydrogen-bond donors (Lipinski definition) is 1. The molecule has 2 atom stereocenters. The van der Waals surface area contributed by atoms with Crippen molar-refractivity contribution in [2.24, 2.45) is 5.73 Å². The zero-order valence-corrected chi connectivity index (χ0v) is 10.2. The fourth-order valence-corrected chi connectivity index (χ4v) is 2.52. The van der Waals surface area contributed by atoms with E-state index >= 15 is 0 Å². The van der Waals surface area contributed by atoms with Gasteiger partial charge in [-0.1, -0.05) is 30.0 Å². The van der Waals surface area contributed by atoms with Gasteiger partial charge in [0.05, 0.1) is 11.4 Å². The molecule has 17 heavy (non-hydrogen) atoms. The molecular weight excluding hydrogens is 239 g/mol. The van der Waals surface area contributed by atoms with Crippen molar-refractivity contribution in [3.8, 4) is 0 Å². The third kappa shape index (κ3) is 2.87. The number of nitrogens with two attached hydrogens (primary N) is 1. The van der Waals surface area contributed by atoms with Crippen molar-refractivity contribution in [3.63, 3.8) is 0 Å². The van der Waals surface area contributed by atoms with Gasteiger partial charge in [-0.05, 0) is 13.0 Å². The van der Waals surface area contributed by atoms with Gasteiger partial charge in [0.15, 0.2) is 0 Å². The van der Waals surface area contributed by atoms with Gasteiger partial charge < -0.3 is 10.2 Å². The number of thioether (sulfide) groups is 1. The first-order valence-electron chi connectivity index (χ1n) is 5.24. The Morgan fingerprint density at radius 2 is 2.18 bits per heavy atom. The highest BCUT2D eigenvalue weighted by atomic mass is 32.2. The van der Waals surface area contributed by atoms with Crippen LogP contribution in [0.3, 0.4) is 0 Å². The smallest absolute Gasteiger partial charge is 0.256 e. The summed E-state index contributed by atoms with van der Waals surface area (Å²) >= 11 is 1.33. The average molecular weight is 252 g/mol. The molecule has 0 saturated carbocycles. The van der Waals surface area contributed by atoms with Gasteiger partial charge in [0, 0.05) is 11.6 Å². The van der Waals surface area contributed by atoms with Gasteiger partial charge in [0.25, 0.3) is 5.22 Å². The Morgan fingerprint density at radius 3 is 2.76 bits per heavy atom. The van der Waals surface area contributed by atoms with E-state index in [4.69, 9.17) is 10.2 Å². The molecule has 5 heteroatoms. The van der Waals surface area contributed by atoms with Crippen LogP contribution in [-0.2, 0) is 0 Å². The van der Waals surface area contributed by atoms with Crippen LogP contribution in [0.2, 0.25) is 0 Å². The third-order valence-corrected chi connectivity index (χ3v) is 3.67. The molecule has 1 aromatic heterocycles. The molecule has 2 rings (SSSR count). The Kier molecular flexibility index (Phi) is 3.81. The molecule has 2 unspecified atom stereocenters. The lowest BCUT2D eigenvalue weighted by atomic mass is 10.1. The first kappa shape index (κ1) is 12.1. The normalized spacial score (nSPS) is 14.5. The van der Waals surface area contributed by atoms with Crippen molar-refractivity contribution in [2.45, 2.75) is 23.4 Å². The summed E-state index contributed by atoms with van der Waals surface area (Å²) in [6, 6.07) is 6.42. The fourth-order valence-electron chi connectivity index (χ4n) is 1.54. The summed E-state index contributed by atoms with van der Waals surface area (Å²) in [4.78, 5) is 4.01. The molecular formula is C12H13FN2OS. The Labute approximate surface area is 103 Å². The van der Waals surface area contributed by atoms with Crippen molar-refractivity contribution in [2.75, 3.05) is 0 Å². The molecule has 0 aliphatic carbocycles. The number of nitrogens with zero attached hydrogens (tertiary/aromatic N) is 1. The number of aromatic nitrogens is 1. The molecule has 0 aliphatic heterocycles. The zero-order chi connectivity index (χ0) is 12.3. The molecule has 2 N–H and O–H groups in total. The van der Waals surface area contributed by atoms with Crippen LogP contribution in [0.1, 0.15) is 17.7 Å². The molecule has 3 nitrogen and oxygen atoms in total. The summed E-state index contributed by atoms with van der Waals surface area (Å²) in [7, 11) is 0. The highest BCUT2D eigenvalue weighted by Gasteiger charge is 2.22. The quantitative estimate of drug-likeness (QED) is 0.850. The Balaban J connectivity index is 2.27. The minimum atomic E-state index is -0.256. The first-order chi connectivity index (χ1) is 8.18. The molecule has 1 heterocycles. The van der Waals surface area contributed by atoms with E-state index in [1.165, 1.54) is 24.1 Å². The van der Waals surface area contributed by atoms with Crippen LogP contribution in [0.15, 0.2) is 46.4 Å². The van der Waals surface area contributed by atoms with E-state index in [1.54, 1.807) is 24.4 Å². The van der Waals surface area contributed by atoms with Crippen molar-refractivity contribution in [1.82, 2.24) is 4.98 Å². The Hall–Kier alpha value is -1.33. The molecule has 0 spiro atoms. The van der Waals surface area contributed by atoms with Gasteiger partial charge in [0.2, 0.25) is 0 Å². The number of oxazole rings is 1. The maximum Gasteiger partial charge on any atom is 0.256 e. The van der Waals surface area contributed by atoms with Crippen molar-refractivity contribution < 1.29 is 8.81 Å². The largest absolute Gasteiger partial charge is 0.440 e. The van der Waals surface area contributed by atoms with E-state index in [2.05, 4.69) is 4.98 Å². The molecule has 0 fully saturated rings. The molecule has 0 bridgehead atoms. The number of halogens is 1. The maximum atomic E-state index is 13.7. The van der Waals surface area contributed by atoms with Gasteiger partial charge in [-0.15, -0.1) is 0 Å². The molecule has 0 saturated heterocycles. The second-order valence-corrected chi connectivity index (χ2v) is 4.81. The number of benzene rings is 1. The van der Waals surface area contributed by atoms with Crippen molar-refractivity contribution >= 4 is 11.8 Å². The minimum absolute atomic E-state index is 0.205. The van der Waals surface area contributed by atoms with Gasteiger partial charge in [-0.3, -0.25) is 0 Å². The Morgan fingerprint density at radius 1 is 1.41 bits per heavy atom. The molecule has 0 aliphatic rings. The van der Waals surface area contributed by atoms with Crippen LogP contribution in [0.5, 0.6) is 0 Å². The van der Waals surface area contributed by atoms with Crippen LogP contribution in [0.4, 0.5) is 4.39 Å². The second kappa shape index (κ2) is 5.33. The average Bonchev–Trinajstić information content (AvgIpc) is 2.79. The highest BCUT2D eigenvalue weighted by molar-refractivity contribution is 7.99. The lowest BCUT2D eigenvalue weighted by Gasteiger charge is -2.19. The molecule has 1 aromatic carbocycles. The van der Waals surface area contributed by atoms with Crippen LogP contribution in [0.25, 0.3) is 0 Å². The number of rotatable bonds is 4. The monoisotopic (exact) mass is 252 g/mol. The molecule has 0 radical (unpaired) electrons. The predicted molar refractivity (Wildman–Crippen MR) is 65.2 cm³/mol. The van der Waals surface area contributed by atoms with E-state index in [0.717, 1.165) is 0 Å². The van der Waals surface area contributed by atoms with E-state index in [0.29, 0.717) is 10.8 Å². The van der Waals surface area contributed by atoms with E-state index < -0.39 is 0 Å². The third-order valence-electron chi connectivity index (χ3n) is 2.33. The van der Waals surface area contributed by atoms with Gasteiger partial charge in [-0.2, -0.15) is 0 Å². The summed E-state index contributed by atoms with van der Waals surface area (Å²) in [5, 5.41) is 0.283. The summed E-state index contributed by atoms with van der Waals surface area (Å²) in [5.74, 6) is -0.256. The molecule has 0 amide bonds. The molecule has 2 aromatic rings. The summed E-state index contributed by atoms with van der Waals surface area (Å²) in [6.45, 7) is 1.84. The summed E-state index contributed by atoms with van der Waals surface area (Å²) in [6.07, 6.45) is 3.05. The Bertz CT molecular complexity index is 473. The van der Waals surface area contributed by atoms with Gasteiger partial charge >= 0.3 is 0 Å². The number of hydrogen-bond acceptors (Lipinski definition) is 4. The summed E-state index contributed by atoms with van der Waals surface area (Å²) < 4.78 is 18.9. The minimum Gasteiger partial charge on any atom is -0.440 e. The summed E-state index contributed by atoms with van der Waals surface area (Å²) in [5.41, 5.74) is 6.47. The van der Waals surface area contributed by atoms with E-state index in [1.807, 2.05) is 6.92 Å². The zero-order valence-electron chi connectivity index (χ0n) is 9.34. The topological polar surface area (TPSA) is 52.0 Å². The molecule has 90 valence electrons. The van der Waals surface area contributed by atoms with Crippen LogP contribution in [-0.4, -0.2) is 11.0 Å².